The molecule has 0 aliphatic carbocycles. The first-order chi connectivity index (χ1) is 14.2. The standard InChI is InChI=1S/C25H29NO3/c1-19(25(27)22-11-7-4-8-12-22)26-18-21-13-14-23(24(17-21)28-2)29-16-15-20-9-5-3-6-10-20/h3-14,17,19,25-27H,15-16,18H2,1-2H3/t19-,25+/m0/s1. The smallest absolute Gasteiger partial charge is 0.161 e. The van der Waals surface area contributed by atoms with Crippen molar-refractivity contribution in [2.75, 3.05) is 13.7 Å². The highest BCUT2D eigenvalue weighted by molar-refractivity contribution is 5.43. The summed E-state index contributed by atoms with van der Waals surface area (Å²) in [6.07, 6.45) is 0.293. The first kappa shape index (κ1) is 20.9. The fourth-order valence-corrected chi connectivity index (χ4v) is 3.19. The first-order valence-electron chi connectivity index (χ1n) is 9.97. The molecular formula is C25H29NO3. The monoisotopic (exact) mass is 391 g/mol. The molecule has 29 heavy (non-hydrogen) atoms. The van der Waals surface area contributed by atoms with Gasteiger partial charge < -0.3 is 19.9 Å². The summed E-state index contributed by atoms with van der Waals surface area (Å²) in [6.45, 7) is 3.21. The van der Waals surface area contributed by atoms with Crippen LogP contribution in [0.15, 0.2) is 78.9 Å². The summed E-state index contributed by atoms with van der Waals surface area (Å²) in [5.74, 6) is 1.46. The van der Waals surface area contributed by atoms with Crippen LogP contribution in [-0.4, -0.2) is 24.9 Å². The van der Waals surface area contributed by atoms with Crippen LogP contribution in [-0.2, 0) is 13.0 Å². The molecule has 0 aromatic heterocycles. The van der Waals surface area contributed by atoms with Crippen LogP contribution < -0.4 is 14.8 Å². The third-order valence-electron chi connectivity index (χ3n) is 4.96. The molecule has 3 aromatic rings. The number of aliphatic hydroxyl groups is 1. The van der Waals surface area contributed by atoms with E-state index in [0.29, 0.717) is 18.9 Å². The zero-order valence-corrected chi connectivity index (χ0v) is 17.0. The molecule has 4 heteroatoms. The maximum Gasteiger partial charge on any atom is 0.161 e. The fraction of sp³-hybridized carbons (Fsp3) is 0.280. The molecule has 0 unspecified atom stereocenters. The normalized spacial score (nSPS) is 12.9. The van der Waals surface area contributed by atoms with Crippen molar-refractivity contribution in [3.05, 3.63) is 95.6 Å². The summed E-state index contributed by atoms with van der Waals surface area (Å²) < 4.78 is 11.4. The number of nitrogens with one attached hydrogen (secondary N) is 1. The van der Waals surface area contributed by atoms with E-state index in [9.17, 15) is 5.11 Å². The first-order valence-corrected chi connectivity index (χ1v) is 9.97. The number of hydrogen-bond acceptors (Lipinski definition) is 4. The van der Waals surface area contributed by atoms with E-state index in [-0.39, 0.29) is 6.04 Å². The molecule has 0 amide bonds. The van der Waals surface area contributed by atoms with Crippen molar-refractivity contribution in [1.29, 1.82) is 0 Å². The second-order valence-corrected chi connectivity index (χ2v) is 7.09. The molecule has 0 fully saturated rings. The summed E-state index contributed by atoms with van der Waals surface area (Å²) in [4.78, 5) is 0. The SMILES string of the molecule is COc1cc(CN[C@@H](C)[C@@H](O)c2ccccc2)ccc1OCCc1ccccc1. The van der Waals surface area contributed by atoms with E-state index in [1.54, 1.807) is 7.11 Å². The van der Waals surface area contributed by atoms with E-state index in [0.717, 1.165) is 23.3 Å². The lowest BCUT2D eigenvalue weighted by Gasteiger charge is -2.21. The Kier molecular flexibility index (Phi) is 7.68. The topological polar surface area (TPSA) is 50.7 Å². The number of rotatable bonds is 10. The molecule has 152 valence electrons. The van der Waals surface area contributed by atoms with Gasteiger partial charge in [-0.1, -0.05) is 66.7 Å². The minimum atomic E-state index is -0.557. The molecule has 0 aliphatic rings. The lowest BCUT2D eigenvalue weighted by Crippen LogP contribution is -2.31. The fourth-order valence-electron chi connectivity index (χ4n) is 3.19. The van der Waals surface area contributed by atoms with Crippen molar-refractivity contribution in [3.8, 4) is 11.5 Å². The van der Waals surface area contributed by atoms with Crippen LogP contribution in [0.2, 0.25) is 0 Å². The van der Waals surface area contributed by atoms with Gasteiger partial charge in [-0.05, 0) is 35.7 Å². The van der Waals surface area contributed by atoms with Gasteiger partial charge in [-0.2, -0.15) is 0 Å². The van der Waals surface area contributed by atoms with Gasteiger partial charge in [-0.3, -0.25) is 0 Å². The highest BCUT2D eigenvalue weighted by Crippen LogP contribution is 2.28. The average Bonchev–Trinajstić information content (AvgIpc) is 2.78. The van der Waals surface area contributed by atoms with Crippen molar-refractivity contribution in [2.24, 2.45) is 0 Å². The van der Waals surface area contributed by atoms with Crippen molar-refractivity contribution in [2.45, 2.75) is 32.0 Å². The molecule has 3 aromatic carbocycles. The van der Waals surface area contributed by atoms with Crippen LogP contribution in [0.5, 0.6) is 11.5 Å². The molecule has 0 radical (unpaired) electrons. The van der Waals surface area contributed by atoms with Crippen molar-refractivity contribution >= 4 is 0 Å². The quantitative estimate of drug-likeness (QED) is 0.533. The Hall–Kier alpha value is -2.82. The molecule has 3 rings (SSSR count). The number of ether oxygens (including phenoxy) is 2. The second-order valence-electron chi connectivity index (χ2n) is 7.09. The zero-order valence-electron chi connectivity index (χ0n) is 17.0. The summed E-state index contributed by atoms with van der Waals surface area (Å²) in [5.41, 5.74) is 3.23. The summed E-state index contributed by atoms with van der Waals surface area (Å²) >= 11 is 0. The predicted molar refractivity (Wildman–Crippen MR) is 116 cm³/mol. The van der Waals surface area contributed by atoms with Crippen LogP contribution in [0.1, 0.15) is 29.7 Å². The molecule has 2 N–H and O–H groups in total. The van der Waals surface area contributed by atoms with Gasteiger partial charge in [0, 0.05) is 19.0 Å². The van der Waals surface area contributed by atoms with Gasteiger partial charge in [-0.15, -0.1) is 0 Å². The third-order valence-corrected chi connectivity index (χ3v) is 4.96. The van der Waals surface area contributed by atoms with E-state index in [2.05, 4.69) is 17.4 Å². The van der Waals surface area contributed by atoms with Gasteiger partial charge in [0.25, 0.3) is 0 Å². The molecule has 2 atom stereocenters. The van der Waals surface area contributed by atoms with E-state index >= 15 is 0 Å². The Balaban J connectivity index is 1.54. The maximum atomic E-state index is 10.5. The highest BCUT2D eigenvalue weighted by Gasteiger charge is 2.16. The van der Waals surface area contributed by atoms with E-state index in [1.807, 2.05) is 73.7 Å². The summed E-state index contributed by atoms with van der Waals surface area (Å²) in [6, 6.07) is 25.8. The van der Waals surface area contributed by atoms with Gasteiger partial charge >= 0.3 is 0 Å². The van der Waals surface area contributed by atoms with Crippen LogP contribution in [0.4, 0.5) is 0 Å². The molecule has 0 saturated carbocycles. The molecule has 0 spiro atoms. The van der Waals surface area contributed by atoms with Crippen molar-refractivity contribution < 1.29 is 14.6 Å². The number of benzene rings is 3. The van der Waals surface area contributed by atoms with Crippen LogP contribution in [0, 0.1) is 0 Å². The van der Waals surface area contributed by atoms with E-state index in [4.69, 9.17) is 9.47 Å². The molecule has 0 aliphatic heterocycles. The van der Waals surface area contributed by atoms with Gasteiger partial charge in [0.2, 0.25) is 0 Å². The maximum absolute atomic E-state index is 10.5. The van der Waals surface area contributed by atoms with Crippen molar-refractivity contribution in [1.82, 2.24) is 5.32 Å². The lowest BCUT2D eigenvalue weighted by molar-refractivity contribution is 0.135. The number of methoxy groups -OCH3 is 1. The predicted octanol–water partition coefficient (Wildman–Crippen LogP) is 4.53. The Morgan fingerprint density at radius 1 is 0.862 bits per heavy atom. The second kappa shape index (κ2) is 10.6. The highest BCUT2D eigenvalue weighted by atomic mass is 16.5. The largest absolute Gasteiger partial charge is 0.493 e. The zero-order chi connectivity index (χ0) is 20.5. The molecule has 0 bridgehead atoms. The summed E-state index contributed by atoms with van der Waals surface area (Å²) in [5, 5.41) is 13.9. The van der Waals surface area contributed by atoms with E-state index in [1.165, 1.54) is 5.56 Å². The van der Waals surface area contributed by atoms with Crippen LogP contribution >= 0.6 is 0 Å². The minimum Gasteiger partial charge on any atom is -0.493 e. The van der Waals surface area contributed by atoms with Crippen LogP contribution in [0.3, 0.4) is 0 Å². The lowest BCUT2D eigenvalue weighted by atomic mass is 10.0. The molecule has 0 heterocycles. The number of hydrogen-bond donors (Lipinski definition) is 2. The number of aliphatic hydroxyl groups excluding tert-OH is 1. The molecular weight excluding hydrogens is 362 g/mol. The summed E-state index contributed by atoms with van der Waals surface area (Å²) in [7, 11) is 1.65. The van der Waals surface area contributed by atoms with Gasteiger partial charge in [-0.25, -0.2) is 0 Å². The molecule has 4 nitrogen and oxygen atoms in total. The van der Waals surface area contributed by atoms with E-state index < -0.39 is 6.10 Å². The average molecular weight is 392 g/mol. The van der Waals surface area contributed by atoms with Crippen molar-refractivity contribution in [3.63, 3.8) is 0 Å². The Bertz CT molecular complexity index is 868. The van der Waals surface area contributed by atoms with Gasteiger partial charge in [0.05, 0.1) is 19.8 Å². The Morgan fingerprint density at radius 2 is 1.55 bits per heavy atom. The minimum absolute atomic E-state index is 0.0785. The van der Waals surface area contributed by atoms with Gasteiger partial charge in [0.15, 0.2) is 11.5 Å². The Morgan fingerprint density at radius 3 is 2.24 bits per heavy atom. The molecule has 0 saturated heterocycles. The third kappa shape index (κ3) is 6.08. The van der Waals surface area contributed by atoms with Crippen LogP contribution in [0.25, 0.3) is 0 Å². The van der Waals surface area contributed by atoms with Gasteiger partial charge in [0.1, 0.15) is 0 Å². The Labute approximate surface area is 173 Å².